The van der Waals surface area contributed by atoms with Gasteiger partial charge in [-0.1, -0.05) is 6.92 Å². The number of aromatic nitrogens is 2. The molecule has 2 rings (SSSR count). The predicted octanol–water partition coefficient (Wildman–Crippen LogP) is -0.104. The molecule has 104 valence electrons. The minimum atomic E-state index is -1.12. The lowest BCUT2D eigenvalue weighted by atomic mass is 10.2. The van der Waals surface area contributed by atoms with E-state index in [9.17, 15) is 9.59 Å². The summed E-state index contributed by atoms with van der Waals surface area (Å²) >= 11 is 0. The van der Waals surface area contributed by atoms with Crippen LogP contribution in [0.25, 0.3) is 0 Å². The van der Waals surface area contributed by atoms with E-state index in [1.165, 1.54) is 10.9 Å². The second-order valence-corrected chi connectivity index (χ2v) is 4.56. The number of carboxylic acid groups (broad SMARTS) is 1. The van der Waals surface area contributed by atoms with Crippen molar-refractivity contribution in [3.05, 3.63) is 17.5 Å². The molecule has 7 nitrogen and oxygen atoms in total. The smallest absolute Gasteiger partial charge is 0.339 e. The highest BCUT2D eigenvalue weighted by Crippen LogP contribution is 2.13. The Labute approximate surface area is 111 Å². The zero-order valence-electron chi connectivity index (χ0n) is 11.2. The highest BCUT2D eigenvalue weighted by molar-refractivity contribution is 6.03. The number of aromatic carboxylic acids is 1. The normalized spacial score (nSPS) is 16.6. The second-order valence-electron chi connectivity index (χ2n) is 4.56. The van der Waals surface area contributed by atoms with Crippen LogP contribution < -0.4 is 0 Å². The Morgan fingerprint density at radius 3 is 2.47 bits per heavy atom. The molecule has 0 saturated carbocycles. The third-order valence-electron chi connectivity index (χ3n) is 3.48. The number of carboxylic acids is 1. The Balaban J connectivity index is 2.17. The number of carbonyl (C=O) groups is 2. The van der Waals surface area contributed by atoms with Gasteiger partial charge in [-0.05, 0) is 6.54 Å². The van der Waals surface area contributed by atoms with Crippen molar-refractivity contribution in [3.8, 4) is 0 Å². The molecular weight excluding hydrogens is 248 g/mol. The van der Waals surface area contributed by atoms with Crippen molar-refractivity contribution in [1.29, 1.82) is 0 Å². The molecule has 0 atom stereocenters. The van der Waals surface area contributed by atoms with E-state index in [0.29, 0.717) is 13.1 Å². The number of hydrogen-bond donors (Lipinski definition) is 1. The fourth-order valence-electron chi connectivity index (χ4n) is 2.26. The molecule has 2 heterocycles. The molecule has 1 aliphatic heterocycles. The lowest BCUT2D eigenvalue weighted by molar-refractivity contribution is 0.0611. The summed E-state index contributed by atoms with van der Waals surface area (Å²) in [6.07, 6.45) is 1.22. The van der Waals surface area contributed by atoms with E-state index in [1.807, 2.05) is 0 Å². The lowest BCUT2D eigenvalue weighted by Crippen LogP contribution is -2.49. The standard InChI is InChI=1S/C12H18N4O3/c1-3-15-4-6-16(7-5-15)11(17)10-9(12(18)19)8-13-14(10)2/h8H,3-7H2,1-2H3,(H,18,19). The van der Waals surface area contributed by atoms with Gasteiger partial charge >= 0.3 is 5.97 Å². The van der Waals surface area contributed by atoms with Crippen molar-refractivity contribution < 1.29 is 14.7 Å². The van der Waals surface area contributed by atoms with E-state index >= 15 is 0 Å². The largest absolute Gasteiger partial charge is 0.478 e. The van der Waals surface area contributed by atoms with Gasteiger partial charge in [-0.2, -0.15) is 5.10 Å². The average molecular weight is 266 g/mol. The van der Waals surface area contributed by atoms with Gasteiger partial charge in [0, 0.05) is 33.2 Å². The van der Waals surface area contributed by atoms with Crippen LogP contribution in [0.5, 0.6) is 0 Å². The first kappa shape index (κ1) is 13.5. The lowest BCUT2D eigenvalue weighted by Gasteiger charge is -2.34. The highest BCUT2D eigenvalue weighted by Gasteiger charge is 2.28. The van der Waals surface area contributed by atoms with Gasteiger partial charge in [-0.15, -0.1) is 0 Å². The molecule has 7 heteroatoms. The van der Waals surface area contributed by atoms with E-state index in [4.69, 9.17) is 5.11 Å². The molecule has 0 unspecified atom stereocenters. The molecule has 1 aliphatic rings. The van der Waals surface area contributed by atoms with Crippen LogP contribution in [0.15, 0.2) is 6.20 Å². The van der Waals surface area contributed by atoms with Crippen LogP contribution in [0.1, 0.15) is 27.8 Å². The topological polar surface area (TPSA) is 78.7 Å². The van der Waals surface area contributed by atoms with E-state index < -0.39 is 5.97 Å². The summed E-state index contributed by atoms with van der Waals surface area (Å²) in [7, 11) is 1.59. The second kappa shape index (κ2) is 5.40. The van der Waals surface area contributed by atoms with Gasteiger partial charge in [0.2, 0.25) is 0 Å². The van der Waals surface area contributed by atoms with E-state index in [1.54, 1.807) is 11.9 Å². The number of aryl methyl sites for hydroxylation is 1. The van der Waals surface area contributed by atoms with Crippen LogP contribution >= 0.6 is 0 Å². The highest BCUT2D eigenvalue weighted by atomic mass is 16.4. The van der Waals surface area contributed by atoms with Gasteiger partial charge in [0.15, 0.2) is 0 Å². The number of rotatable bonds is 3. The zero-order valence-corrected chi connectivity index (χ0v) is 11.2. The SMILES string of the molecule is CCN1CCN(C(=O)c2c(C(=O)O)cnn2C)CC1. The van der Waals surface area contributed by atoms with Crippen molar-refractivity contribution in [2.45, 2.75) is 6.92 Å². The molecule has 0 aromatic carbocycles. The monoisotopic (exact) mass is 266 g/mol. The van der Waals surface area contributed by atoms with Crippen LogP contribution in [0.3, 0.4) is 0 Å². The summed E-state index contributed by atoms with van der Waals surface area (Å²) in [6, 6.07) is 0. The van der Waals surface area contributed by atoms with Crippen molar-refractivity contribution >= 4 is 11.9 Å². The van der Waals surface area contributed by atoms with E-state index in [0.717, 1.165) is 19.6 Å². The molecule has 1 fully saturated rings. The Morgan fingerprint density at radius 2 is 1.95 bits per heavy atom. The number of likely N-dealkylation sites (N-methyl/N-ethyl adjacent to an activating group) is 1. The Kier molecular flexibility index (Phi) is 3.84. The zero-order chi connectivity index (χ0) is 14.0. The molecule has 0 aliphatic carbocycles. The van der Waals surface area contributed by atoms with Crippen LogP contribution in [0.2, 0.25) is 0 Å². The van der Waals surface area contributed by atoms with Gasteiger partial charge in [-0.3, -0.25) is 9.48 Å². The number of nitrogens with zero attached hydrogens (tertiary/aromatic N) is 4. The molecule has 1 amide bonds. The molecule has 1 aromatic heterocycles. The van der Waals surface area contributed by atoms with Crippen LogP contribution in [0, 0.1) is 0 Å². The van der Waals surface area contributed by atoms with E-state index in [2.05, 4.69) is 16.9 Å². The number of hydrogen-bond acceptors (Lipinski definition) is 4. The fourth-order valence-corrected chi connectivity index (χ4v) is 2.26. The van der Waals surface area contributed by atoms with Crippen molar-refractivity contribution in [2.75, 3.05) is 32.7 Å². The Morgan fingerprint density at radius 1 is 1.32 bits per heavy atom. The minimum absolute atomic E-state index is 0.0366. The van der Waals surface area contributed by atoms with Crippen molar-refractivity contribution in [1.82, 2.24) is 19.6 Å². The molecule has 0 bridgehead atoms. The molecule has 1 saturated heterocycles. The molecule has 1 aromatic rings. The molecular formula is C12H18N4O3. The quantitative estimate of drug-likeness (QED) is 0.826. The molecule has 0 radical (unpaired) electrons. The van der Waals surface area contributed by atoms with Gasteiger partial charge in [0.1, 0.15) is 11.3 Å². The van der Waals surface area contributed by atoms with Gasteiger partial charge in [-0.25, -0.2) is 4.79 Å². The maximum absolute atomic E-state index is 12.4. The van der Waals surface area contributed by atoms with Gasteiger partial charge in [0.25, 0.3) is 5.91 Å². The average Bonchev–Trinajstić information content (AvgIpc) is 2.80. The minimum Gasteiger partial charge on any atom is -0.478 e. The third-order valence-corrected chi connectivity index (χ3v) is 3.48. The maximum atomic E-state index is 12.4. The number of carbonyl (C=O) groups excluding carboxylic acids is 1. The summed E-state index contributed by atoms with van der Waals surface area (Å²) in [6.45, 7) is 5.94. The first-order valence-electron chi connectivity index (χ1n) is 6.31. The fraction of sp³-hybridized carbons (Fsp3) is 0.583. The Bertz CT molecular complexity index is 489. The maximum Gasteiger partial charge on any atom is 0.339 e. The summed E-state index contributed by atoms with van der Waals surface area (Å²) in [5, 5.41) is 12.9. The molecule has 1 N–H and O–H groups in total. The first-order chi connectivity index (χ1) is 9.04. The van der Waals surface area contributed by atoms with Gasteiger partial charge in [0.05, 0.1) is 6.20 Å². The number of piperazine rings is 1. The summed E-state index contributed by atoms with van der Waals surface area (Å²) in [5.41, 5.74) is 0.114. The van der Waals surface area contributed by atoms with Gasteiger partial charge < -0.3 is 14.9 Å². The predicted molar refractivity (Wildman–Crippen MR) is 68.2 cm³/mol. The summed E-state index contributed by atoms with van der Waals surface area (Å²) in [4.78, 5) is 27.4. The first-order valence-corrected chi connectivity index (χ1v) is 6.31. The van der Waals surface area contributed by atoms with E-state index in [-0.39, 0.29) is 17.2 Å². The third kappa shape index (κ3) is 2.60. The van der Waals surface area contributed by atoms with Crippen LogP contribution in [0.4, 0.5) is 0 Å². The van der Waals surface area contributed by atoms with Crippen molar-refractivity contribution in [3.63, 3.8) is 0 Å². The summed E-state index contributed by atoms with van der Waals surface area (Å²) in [5.74, 6) is -1.38. The number of amides is 1. The summed E-state index contributed by atoms with van der Waals surface area (Å²) < 4.78 is 1.33. The Hall–Kier alpha value is -1.89. The molecule has 0 spiro atoms. The van der Waals surface area contributed by atoms with Crippen molar-refractivity contribution in [2.24, 2.45) is 7.05 Å². The van der Waals surface area contributed by atoms with Crippen LogP contribution in [-0.2, 0) is 7.05 Å². The van der Waals surface area contributed by atoms with Crippen LogP contribution in [-0.4, -0.2) is 69.3 Å². The molecule has 19 heavy (non-hydrogen) atoms.